The van der Waals surface area contributed by atoms with Crippen LogP contribution in [0.25, 0.3) is 0 Å². The number of likely N-dealkylation sites (tertiary alicyclic amines) is 1. The van der Waals surface area contributed by atoms with E-state index in [9.17, 15) is 4.79 Å². The fraction of sp³-hybridized carbons (Fsp3) is 0.429. The van der Waals surface area contributed by atoms with Crippen LogP contribution in [0.1, 0.15) is 47.4 Å². The van der Waals surface area contributed by atoms with Crippen molar-refractivity contribution in [1.82, 2.24) is 20.0 Å². The minimum Gasteiger partial charge on any atom is -0.337 e. The van der Waals surface area contributed by atoms with E-state index in [1.807, 2.05) is 4.90 Å². The van der Waals surface area contributed by atoms with Crippen LogP contribution in [0.5, 0.6) is 0 Å². The Bertz CT molecular complexity index is 596. The first-order valence-corrected chi connectivity index (χ1v) is 6.77. The SMILES string of the molecule is Cc1noc(C2CCCCN2C(=O)c2cccnc2)n1. The van der Waals surface area contributed by atoms with Crippen LogP contribution >= 0.6 is 0 Å². The smallest absolute Gasteiger partial charge is 0.256 e. The Morgan fingerprint density at radius 1 is 1.45 bits per heavy atom. The zero-order chi connectivity index (χ0) is 13.9. The standard InChI is InChI=1S/C14H16N4O2/c1-10-16-13(20-17-10)12-6-2-3-8-18(12)14(19)11-5-4-7-15-9-11/h4-5,7,9,12H,2-3,6,8H2,1H3. The molecule has 0 aliphatic carbocycles. The monoisotopic (exact) mass is 272 g/mol. The summed E-state index contributed by atoms with van der Waals surface area (Å²) in [4.78, 5) is 22.7. The average molecular weight is 272 g/mol. The number of aromatic nitrogens is 3. The molecule has 0 N–H and O–H groups in total. The first kappa shape index (κ1) is 12.8. The van der Waals surface area contributed by atoms with Crippen molar-refractivity contribution in [2.45, 2.75) is 32.2 Å². The summed E-state index contributed by atoms with van der Waals surface area (Å²) in [5.74, 6) is 1.09. The molecule has 2 aromatic rings. The van der Waals surface area contributed by atoms with Crippen LogP contribution < -0.4 is 0 Å². The van der Waals surface area contributed by atoms with E-state index in [-0.39, 0.29) is 11.9 Å². The van der Waals surface area contributed by atoms with Gasteiger partial charge < -0.3 is 9.42 Å². The molecule has 104 valence electrons. The third-order valence-corrected chi connectivity index (χ3v) is 3.50. The Labute approximate surface area is 116 Å². The van der Waals surface area contributed by atoms with Crippen molar-refractivity contribution in [3.05, 3.63) is 41.8 Å². The molecule has 6 nitrogen and oxygen atoms in total. The number of amides is 1. The third-order valence-electron chi connectivity index (χ3n) is 3.50. The van der Waals surface area contributed by atoms with E-state index in [0.717, 1.165) is 19.3 Å². The number of hydrogen-bond donors (Lipinski definition) is 0. The van der Waals surface area contributed by atoms with Gasteiger partial charge in [-0.05, 0) is 38.3 Å². The zero-order valence-electron chi connectivity index (χ0n) is 11.3. The molecule has 1 atom stereocenters. The highest BCUT2D eigenvalue weighted by atomic mass is 16.5. The first-order valence-electron chi connectivity index (χ1n) is 6.77. The highest BCUT2D eigenvalue weighted by Gasteiger charge is 2.32. The Hall–Kier alpha value is -2.24. The second-order valence-corrected chi connectivity index (χ2v) is 4.93. The lowest BCUT2D eigenvalue weighted by Gasteiger charge is -2.33. The van der Waals surface area contributed by atoms with Gasteiger partial charge in [-0.25, -0.2) is 0 Å². The van der Waals surface area contributed by atoms with Gasteiger partial charge in [0.15, 0.2) is 5.82 Å². The topological polar surface area (TPSA) is 72.1 Å². The van der Waals surface area contributed by atoms with E-state index in [2.05, 4.69) is 15.1 Å². The maximum absolute atomic E-state index is 12.6. The summed E-state index contributed by atoms with van der Waals surface area (Å²) >= 11 is 0. The summed E-state index contributed by atoms with van der Waals surface area (Å²) in [7, 11) is 0. The van der Waals surface area contributed by atoms with E-state index >= 15 is 0 Å². The van der Waals surface area contributed by atoms with Crippen molar-refractivity contribution in [2.75, 3.05) is 6.54 Å². The van der Waals surface area contributed by atoms with Gasteiger partial charge in [0, 0.05) is 18.9 Å². The molecule has 1 unspecified atom stereocenters. The maximum Gasteiger partial charge on any atom is 0.256 e. The number of carbonyl (C=O) groups excluding carboxylic acids is 1. The molecule has 1 aliphatic rings. The Balaban J connectivity index is 1.87. The van der Waals surface area contributed by atoms with Gasteiger partial charge in [0.25, 0.3) is 5.91 Å². The van der Waals surface area contributed by atoms with Gasteiger partial charge in [-0.3, -0.25) is 9.78 Å². The molecule has 6 heteroatoms. The molecule has 1 aliphatic heterocycles. The Morgan fingerprint density at radius 3 is 3.05 bits per heavy atom. The molecule has 0 saturated carbocycles. The molecular formula is C14H16N4O2. The lowest BCUT2D eigenvalue weighted by Crippen LogP contribution is -2.38. The normalized spacial score (nSPS) is 19.1. The molecule has 2 aromatic heterocycles. The van der Waals surface area contributed by atoms with Gasteiger partial charge in [-0.15, -0.1) is 0 Å². The van der Waals surface area contributed by atoms with E-state index < -0.39 is 0 Å². The number of pyridine rings is 1. The molecule has 0 aromatic carbocycles. The van der Waals surface area contributed by atoms with E-state index in [0.29, 0.717) is 23.8 Å². The second-order valence-electron chi connectivity index (χ2n) is 4.93. The van der Waals surface area contributed by atoms with Crippen LogP contribution in [-0.2, 0) is 0 Å². The minimum absolute atomic E-state index is 0.0290. The largest absolute Gasteiger partial charge is 0.337 e. The second kappa shape index (κ2) is 5.40. The highest BCUT2D eigenvalue weighted by Crippen LogP contribution is 2.30. The minimum atomic E-state index is -0.127. The van der Waals surface area contributed by atoms with Crippen LogP contribution in [0, 0.1) is 6.92 Å². The predicted octanol–water partition coefficient (Wildman–Crippen LogP) is 2.14. The van der Waals surface area contributed by atoms with Crippen molar-refractivity contribution in [3.63, 3.8) is 0 Å². The molecule has 0 bridgehead atoms. The molecule has 1 saturated heterocycles. The average Bonchev–Trinajstić information content (AvgIpc) is 2.94. The fourth-order valence-corrected chi connectivity index (χ4v) is 2.53. The number of carbonyl (C=O) groups is 1. The number of rotatable bonds is 2. The van der Waals surface area contributed by atoms with E-state index in [1.165, 1.54) is 0 Å². The van der Waals surface area contributed by atoms with Crippen molar-refractivity contribution < 1.29 is 9.32 Å². The maximum atomic E-state index is 12.6. The van der Waals surface area contributed by atoms with Crippen LogP contribution in [0.4, 0.5) is 0 Å². The molecule has 3 heterocycles. The van der Waals surface area contributed by atoms with Gasteiger partial charge in [-0.1, -0.05) is 5.16 Å². The van der Waals surface area contributed by atoms with Crippen LogP contribution in [0.3, 0.4) is 0 Å². The van der Waals surface area contributed by atoms with Crippen molar-refractivity contribution in [3.8, 4) is 0 Å². The lowest BCUT2D eigenvalue weighted by atomic mass is 10.0. The van der Waals surface area contributed by atoms with Crippen LogP contribution in [0.15, 0.2) is 29.0 Å². The number of piperidine rings is 1. The summed E-state index contributed by atoms with van der Waals surface area (Å²) in [5, 5.41) is 3.82. The van der Waals surface area contributed by atoms with Gasteiger partial charge in [-0.2, -0.15) is 4.98 Å². The van der Waals surface area contributed by atoms with Crippen LogP contribution in [-0.4, -0.2) is 32.5 Å². The summed E-state index contributed by atoms with van der Waals surface area (Å²) < 4.78 is 5.25. The summed E-state index contributed by atoms with van der Waals surface area (Å²) in [6.45, 7) is 2.49. The quantitative estimate of drug-likeness (QED) is 0.837. The summed E-state index contributed by atoms with van der Waals surface area (Å²) in [6, 6.07) is 3.42. The molecule has 0 radical (unpaired) electrons. The Kier molecular flexibility index (Phi) is 3.45. The fourth-order valence-electron chi connectivity index (χ4n) is 2.53. The van der Waals surface area contributed by atoms with Gasteiger partial charge >= 0.3 is 0 Å². The number of hydrogen-bond acceptors (Lipinski definition) is 5. The molecule has 3 rings (SSSR count). The lowest BCUT2D eigenvalue weighted by molar-refractivity contribution is 0.0561. The van der Waals surface area contributed by atoms with Crippen molar-refractivity contribution in [2.24, 2.45) is 0 Å². The Morgan fingerprint density at radius 2 is 2.35 bits per heavy atom. The number of aryl methyl sites for hydroxylation is 1. The molecule has 1 fully saturated rings. The van der Waals surface area contributed by atoms with Crippen molar-refractivity contribution >= 4 is 5.91 Å². The summed E-state index contributed by atoms with van der Waals surface area (Å²) in [6.07, 6.45) is 6.16. The zero-order valence-corrected chi connectivity index (χ0v) is 11.3. The van der Waals surface area contributed by atoms with Gasteiger partial charge in [0.1, 0.15) is 6.04 Å². The summed E-state index contributed by atoms with van der Waals surface area (Å²) in [5.41, 5.74) is 0.593. The van der Waals surface area contributed by atoms with Gasteiger partial charge in [0.2, 0.25) is 5.89 Å². The molecule has 1 amide bonds. The van der Waals surface area contributed by atoms with Crippen molar-refractivity contribution in [1.29, 1.82) is 0 Å². The number of nitrogens with zero attached hydrogens (tertiary/aromatic N) is 4. The molecular weight excluding hydrogens is 256 g/mol. The predicted molar refractivity (Wildman–Crippen MR) is 70.9 cm³/mol. The third kappa shape index (κ3) is 2.41. The van der Waals surface area contributed by atoms with Gasteiger partial charge in [0.05, 0.1) is 5.56 Å². The van der Waals surface area contributed by atoms with E-state index in [1.54, 1.807) is 31.5 Å². The molecule has 0 spiro atoms. The molecule has 20 heavy (non-hydrogen) atoms. The van der Waals surface area contributed by atoms with E-state index in [4.69, 9.17) is 4.52 Å². The first-order chi connectivity index (χ1) is 9.75. The van der Waals surface area contributed by atoms with Crippen LogP contribution in [0.2, 0.25) is 0 Å². The highest BCUT2D eigenvalue weighted by molar-refractivity contribution is 5.94.